The maximum Gasteiger partial charge on any atom is 0.232 e. The Bertz CT molecular complexity index is 725. The quantitative estimate of drug-likeness (QED) is 0.910. The molecule has 0 aliphatic heterocycles. The lowest BCUT2D eigenvalue weighted by Gasteiger charge is -2.06. The van der Waals surface area contributed by atoms with E-state index in [0.717, 1.165) is 23.4 Å². The molecule has 4 nitrogen and oxygen atoms in total. The minimum atomic E-state index is -3.21. The van der Waals surface area contributed by atoms with Gasteiger partial charge >= 0.3 is 0 Å². The van der Waals surface area contributed by atoms with Crippen LogP contribution in [0.4, 0.5) is 5.69 Å². The molecule has 0 fully saturated rings. The third-order valence-corrected chi connectivity index (χ3v) is 6.32. The van der Waals surface area contributed by atoms with Gasteiger partial charge in [-0.3, -0.25) is 4.72 Å². The van der Waals surface area contributed by atoms with Crippen molar-refractivity contribution in [2.45, 2.75) is 39.0 Å². The summed E-state index contributed by atoms with van der Waals surface area (Å²) in [4.78, 5) is 6.20. The van der Waals surface area contributed by atoms with Crippen LogP contribution in [-0.4, -0.2) is 19.2 Å². The van der Waals surface area contributed by atoms with Crippen molar-refractivity contribution in [1.82, 2.24) is 4.98 Å². The molecule has 0 saturated carbocycles. The molecule has 6 heteroatoms. The molecule has 1 aromatic heterocycles. The summed E-state index contributed by atoms with van der Waals surface area (Å²) in [7, 11) is -3.21. The highest BCUT2D eigenvalue weighted by atomic mass is 32.2. The molecule has 2 aromatic rings. The van der Waals surface area contributed by atoms with E-state index < -0.39 is 10.0 Å². The van der Waals surface area contributed by atoms with Gasteiger partial charge in [-0.15, -0.1) is 11.3 Å². The van der Waals surface area contributed by atoms with Crippen molar-refractivity contribution in [3.05, 3.63) is 45.4 Å². The van der Waals surface area contributed by atoms with Gasteiger partial charge in [0, 0.05) is 17.0 Å². The van der Waals surface area contributed by atoms with Gasteiger partial charge in [-0.05, 0) is 50.3 Å². The maximum atomic E-state index is 11.5. The van der Waals surface area contributed by atoms with Crippen molar-refractivity contribution in [3.8, 4) is 0 Å². The second-order valence-electron chi connectivity index (χ2n) is 5.56. The Labute approximate surface area is 135 Å². The molecule has 0 atom stereocenters. The second kappa shape index (κ2) is 6.38. The molecule has 0 spiro atoms. The highest BCUT2D eigenvalue weighted by Gasteiger charge is 2.15. The SMILES string of the molecule is CCS(=O)(=O)Nc1ccc(Cc2nc3c(s2)CCCC3)cc1. The molecule has 1 aliphatic carbocycles. The number of aromatic nitrogens is 1. The van der Waals surface area contributed by atoms with E-state index in [2.05, 4.69) is 4.72 Å². The van der Waals surface area contributed by atoms with Crippen LogP contribution in [0.1, 0.15) is 40.9 Å². The number of anilines is 1. The molecule has 0 bridgehead atoms. The average Bonchev–Trinajstić information content (AvgIpc) is 2.91. The largest absolute Gasteiger partial charge is 0.284 e. The number of fused-ring (bicyclic) bond motifs is 1. The van der Waals surface area contributed by atoms with E-state index in [1.165, 1.54) is 29.8 Å². The molecule has 118 valence electrons. The molecule has 1 aliphatic rings. The molecule has 0 amide bonds. The van der Waals surface area contributed by atoms with Crippen LogP contribution in [0, 0.1) is 0 Å². The van der Waals surface area contributed by atoms with Gasteiger partial charge in [0.25, 0.3) is 0 Å². The van der Waals surface area contributed by atoms with Gasteiger partial charge in [-0.25, -0.2) is 13.4 Å². The minimum Gasteiger partial charge on any atom is -0.284 e. The first-order valence-electron chi connectivity index (χ1n) is 7.62. The van der Waals surface area contributed by atoms with Crippen LogP contribution < -0.4 is 4.72 Å². The van der Waals surface area contributed by atoms with E-state index in [1.54, 1.807) is 6.92 Å². The normalized spacial score (nSPS) is 14.6. The lowest BCUT2D eigenvalue weighted by Crippen LogP contribution is -2.14. The Hall–Kier alpha value is -1.40. The number of rotatable bonds is 5. The Morgan fingerprint density at radius 2 is 1.91 bits per heavy atom. The van der Waals surface area contributed by atoms with E-state index in [4.69, 9.17) is 4.98 Å². The Morgan fingerprint density at radius 3 is 2.59 bits per heavy atom. The zero-order valence-corrected chi connectivity index (χ0v) is 14.3. The standard InChI is InChI=1S/C16H20N2O2S2/c1-2-22(19,20)18-13-9-7-12(8-10-13)11-16-17-14-5-3-4-6-15(14)21-16/h7-10,18H,2-6,11H2,1H3. The van der Waals surface area contributed by atoms with Crippen LogP contribution in [0.25, 0.3) is 0 Å². The van der Waals surface area contributed by atoms with Crippen molar-refractivity contribution < 1.29 is 8.42 Å². The third kappa shape index (κ3) is 3.67. The third-order valence-electron chi connectivity index (χ3n) is 3.85. The number of aryl methyl sites for hydroxylation is 2. The number of sulfonamides is 1. The van der Waals surface area contributed by atoms with Crippen molar-refractivity contribution >= 4 is 27.0 Å². The predicted octanol–water partition coefficient (Wildman–Crippen LogP) is 3.37. The van der Waals surface area contributed by atoms with Gasteiger partial charge in [0.05, 0.1) is 16.5 Å². The fourth-order valence-corrected chi connectivity index (χ4v) is 4.43. The summed E-state index contributed by atoms with van der Waals surface area (Å²) in [6, 6.07) is 7.56. The van der Waals surface area contributed by atoms with Crippen LogP contribution in [-0.2, 0) is 29.3 Å². The van der Waals surface area contributed by atoms with Gasteiger partial charge in [0.1, 0.15) is 0 Å². The predicted molar refractivity (Wildman–Crippen MR) is 91.1 cm³/mol. The summed E-state index contributed by atoms with van der Waals surface area (Å²) in [5, 5.41) is 1.16. The number of thiazole rings is 1. The molecule has 1 aromatic carbocycles. The lowest BCUT2D eigenvalue weighted by molar-refractivity contribution is 0.602. The van der Waals surface area contributed by atoms with E-state index in [0.29, 0.717) is 5.69 Å². The molecule has 0 saturated heterocycles. The van der Waals surface area contributed by atoms with Gasteiger partial charge < -0.3 is 0 Å². The van der Waals surface area contributed by atoms with Crippen LogP contribution >= 0.6 is 11.3 Å². The van der Waals surface area contributed by atoms with Crippen molar-refractivity contribution in [2.24, 2.45) is 0 Å². The molecule has 1 heterocycles. The van der Waals surface area contributed by atoms with E-state index in [-0.39, 0.29) is 5.75 Å². The van der Waals surface area contributed by atoms with E-state index in [9.17, 15) is 8.42 Å². The summed E-state index contributed by atoms with van der Waals surface area (Å²) < 4.78 is 25.6. The first-order chi connectivity index (χ1) is 10.6. The van der Waals surface area contributed by atoms with Crippen LogP contribution in [0.3, 0.4) is 0 Å². The van der Waals surface area contributed by atoms with Gasteiger partial charge in [-0.1, -0.05) is 12.1 Å². The lowest BCUT2D eigenvalue weighted by atomic mass is 10.0. The van der Waals surface area contributed by atoms with Crippen LogP contribution in [0.15, 0.2) is 24.3 Å². The number of nitrogens with one attached hydrogen (secondary N) is 1. The molecular weight excluding hydrogens is 316 g/mol. The molecule has 22 heavy (non-hydrogen) atoms. The van der Waals surface area contributed by atoms with Gasteiger partial charge in [0.2, 0.25) is 10.0 Å². The summed E-state index contributed by atoms with van der Waals surface area (Å²) >= 11 is 1.83. The Balaban J connectivity index is 1.69. The summed E-state index contributed by atoms with van der Waals surface area (Å²) in [5.74, 6) is 0.0828. The van der Waals surface area contributed by atoms with E-state index >= 15 is 0 Å². The molecule has 0 radical (unpaired) electrons. The number of hydrogen-bond acceptors (Lipinski definition) is 4. The first-order valence-corrected chi connectivity index (χ1v) is 10.1. The number of nitrogens with zero attached hydrogens (tertiary/aromatic N) is 1. The maximum absolute atomic E-state index is 11.5. The second-order valence-corrected chi connectivity index (χ2v) is 8.74. The highest BCUT2D eigenvalue weighted by molar-refractivity contribution is 7.92. The van der Waals surface area contributed by atoms with Crippen LogP contribution in [0.2, 0.25) is 0 Å². The molecular formula is C16H20N2O2S2. The molecule has 3 rings (SSSR count). The number of benzene rings is 1. The van der Waals surface area contributed by atoms with Crippen molar-refractivity contribution in [3.63, 3.8) is 0 Å². The zero-order valence-electron chi connectivity index (χ0n) is 12.6. The summed E-state index contributed by atoms with van der Waals surface area (Å²) in [6.07, 6.45) is 5.64. The fraction of sp³-hybridized carbons (Fsp3) is 0.438. The smallest absolute Gasteiger partial charge is 0.232 e. The van der Waals surface area contributed by atoms with E-state index in [1.807, 2.05) is 35.6 Å². The minimum absolute atomic E-state index is 0.0828. The average molecular weight is 336 g/mol. The highest BCUT2D eigenvalue weighted by Crippen LogP contribution is 2.28. The fourth-order valence-electron chi connectivity index (χ4n) is 2.60. The zero-order chi connectivity index (χ0) is 15.6. The summed E-state index contributed by atoms with van der Waals surface area (Å²) in [5.41, 5.74) is 3.06. The van der Waals surface area contributed by atoms with Crippen molar-refractivity contribution in [1.29, 1.82) is 0 Å². The van der Waals surface area contributed by atoms with Gasteiger partial charge in [-0.2, -0.15) is 0 Å². The Kier molecular flexibility index (Phi) is 4.49. The molecule has 0 unspecified atom stereocenters. The molecule has 1 N–H and O–H groups in total. The number of hydrogen-bond donors (Lipinski definition) is 1. The monoisotopic (exact) mass is 336 g/mol. The topological polar surface area (TPSA) is 59.1 Å². The van der Waals surface area contributed by atoms with Crippen LogP contribution in [0.5, 0.6) is 0 Å². The summed E-state index contributed by atoms with van der Waals surface area (Å²) in [6.45, 7) is 1.63. The Morgan fingerprint density at radius 1 is 1.18 bits per heavy atom. The van der Waals surface area contributed by atoms with Gasteiger partial charge in [0.15, 0.2) is 0 Å². The first kappa shape index (κ1) is 15.5. The van der Waals surface area contributed by atoms with Crippen molar-refractivity contribution in [2.75, 3.05) is 10.5 Å².